The first kappa shape index (κ1) is 26.1. The topological polar surface area (TPSA) is 97.5 Å². The summed E-state index contributed by atoms with van der Waals surface area (Å²) in [5.41, 5.74) is 10.8. The fraction of sp³-hybridized carbons (Fsp3) is 0.467. The molecule has 38 heavy (non-hydrogen) atoms. The van der Waals surface area contributed by atoms with Gasteiger partial charge in [-0.05, 0) is 69.5 Å². The molecule has 8 nitrogen and oxygen atoms in total. The third-order valence-electron chi connectivity index (χ3n) is 7.95. The predicted octanol–water partition coefficient (Wildman–Crippen LogP) is 4.84. The molecule has 0 bridgehead atoms. The molecule has 4 heterocycles. The van der Waals surface area contributed by atoms with Gasteiger partial charge in [0.1, 0.15) is 17.9 Å². The summed E-state index contributed by atoms with van der Waals surface area (Å²) >= 11 is 0. The van der Waals surface area contributed by atoms with Gasteiger partial charge in [-0.1, -0.05) is 25.8 Å². The molecule has 2 fully saturated rings. The smallest absolute Gasteiger partial charge is 0.257 e. The zero-order valence-corrected chi connectivity index (χ0v) is 22.5. The average Bonchev–Trinajstić information content (AvgIpc) is 3.26. The lowest BCUT2D eigenvalue weighted by Gasteiger charge is -2.38. The highest BCUT2D eigenvalue weighted by Gasteiger charge is 2.29. The molecule has 0 spiro atoms. The van der Waals surface area contributed by atoms with E-state index in [1.165, 1.54) is 38.8 Å². The number of aryl methyl sites for hydroxylation is 1. The Morgan fingerprint density at radius 2 is 1.71 bits per heavy atom. The zero-order valence-electron chi connectivity index (χ0n) is 22.5. The molecule has 2 aromatic heterocycles. The van der Waals surface area contributed by atoms with Crippen LogP contribution in [-0.2, 0) is 6.42 Å². The van der Waals surface area contributed by atoms with Crippen molar-refractivity contribution in [3.05, 3.63) is 54.1 Å². The first-order valence-electron chi connectivity index (χ1n) is 13.9. The lowest BCUT2D eigenvalue weighted by Crippen LogP contribution is -2.47. The molecule has 0 saturated carbocycles. The summed E-state index contributed by atoms with van der Waals surface area (Å²) in [5.74, 6) is 1.05. The van der Waals surface area contributed by atoms with Gasteiger partial charge in [0.05, 0.1) is 24.1 Å². The number of pyridine rings is 1. The summed E-state index contributed by atoms with van der Waals surface area (Å²) < 4.78 is 5.74. The number of nitrogen functional groups attached to an aromatic ring is 1. The van der Waals surface area contributed by atoms with Gasteiger partial charge in [-0.15, -0.1) is 0 Å². The van der Waals surface area contributed by atoms with Crippen molar-refractivity contribution >= 4 is 11.7 Å². The molecular formula is C30H38N6O2. The maximum atomic E-state index is 13.6. The third-order valence-corrected chi connectivity index (χ3v) is 7.95. The standard InChI is InChI=1S/C30H38N6O2/c1-3-25-28(22-9-11-27(31)32-19-22)29(34-20-33-25)21-8-10-24(26(18-21)38-2)30(37)36-16-12-23(13-17-36)35-14-6-4-5-7-15-35/h8-11,18-20,23H,3-7,12-17H2,1-2H3,(H2,31,32). The van der Waals surface area contributed by atoms with E-state index >= 15 is 0 Å². The van der Waals surface area contributed by atoms with Crippen LogP contribution in [0.1, 0.15) is 61.5 Å². The highest BCUT2D eigenvalue weighted by atomic mass is 16.5. The molecule has 200 valence electrons. The largest absolute Gasteiger partial charge is 0.496 e. The molecule has 8 heteroatoms. The van der Waals surface area contributed by atoms with Crippen molar-refractivity contribution in [2.45, 2.75) is 57.9 Å². The van der Waals surface area contributed by atoms with Crippen LogP contribution >= 0.6 is 0 Å². The van der Waals surface area contributed by atoms with Gasteiger partial charge in [-0.3, -0.25) is 4.79 Å². The molecule has 1 amide bonds. The molecular weight excluding hydrogens is 476 g/mol. The minimum absolute atomic E-state index is 0.0302. The van der Waals surface area contributed by atoms with Crippen LogP contribution in [0.25, 0.3) is 22.4 Å². The molecule has 0 atom stereocenters. The van der Waals surface area contributed by atoms with E-state index in [0.717, 1.165) is 60.4 Å². The van der Waals surface area contributed by atoms with Crippen LogP contribution in [0.3, 0.4) is 0 Å². The summed E-state index contributed by atoms with van der Waals surface area (Å²) in [5, 5.41) is 0. The number of nitrogens with two attached hydrogens (primary N) is 1. The number of carbonyl (C=O) groups is 1. The van der Waals surface area contributed by atoms with Crippen LogP contribution < -0.4 is 10.5 Å². The fourth-order valence-electron chi connectivity index (χ4n) is 5.85. The van der Waals surface area contributed by atoms with Crippen LogP contribution in [0.5, 0.6) is 5.75 Å². The molecule has 5 rings (SSSR count). The lowest BCUT2D eigenvalue weighted by molar-refractivity contribution is 0.0620. The van der Waals surface area contributed by atoms with E-state index in [4.69, 9.17) is 10.5 Å². The van der Waals surface area contributed by atoms with Gasteiger partial charge in [0, 0.05) is 42.0 Å². The van der Waals surface area contributed by atoms with Crippen LogP contribution in [0.15, 0.2) is 42.9 Å². The van der Waals surface area contributed by atoms with Crippen LogP contribution in [0, 0.1) is 0 Å². The third kappa shape index (κ3) is 5.50. The van der Waals surface area contributed by atoms with E-state index in [1.807, 2.05) is 29.2 Å². The number of rotatable bonds is 6. The summed E-state index contributed by atoms with van der Waals surface area (Å²) in [6, 6.07) is 10.0. The van der Waals surface area contributed by atoms with Gasteiger partial charge < -0.3 is 20.3 Å². The number of hydrogen-bond acceptors (Lipinski definition) is 7. The predicted molar refractivity (Wildman–Crippen MR) is 150 cm³/mol. The van der Waals surface area contributed by atoms with E-state index < -0.39 is 0 Å². The molecule has 0 aliphatic carbocycles. The molecule has 2 N–H and O–H groups in total. The Morgan fingerprint density at radius 3 is 2.37 bits per heavy atom. The number of nitrogens with zero attached hydrogens (tertiary/aromatic N) is 5. The minimum atomic E-state index is 0.0302. The Bertz CT molecular complexity index is 1250. The molecule has 0 unspecified atom stereocenters. The van der Waals surface area contributed by atoms with Crippen molar-refractivity contribution in [3.8, 4) is 28.1 Å². The van der Waals surface area contributed by atoms with Gasteiger partial charge in [-0.2, -0.15) is 0 Å². The van der Waals surface area contributed by atoms with Gasteiger partial charge in [0.15, 0.2) is 0 Å². The number of ether oxygens (including phenoxy) is 1. The minimum Gasteiger partial charge on any atom is -0.496 e. The van der Waals surface area contributed by atoms with E-state index in [2.05, 4.69) is 26.8 Å². The first-order valence-corrected chi connectivity index (χ1v) is 13.9. The molecule has 2 saturated heterocycles. The van der Waals surface area contributed by atoms with Crippen molar-refractivity contribution < 1.29 is 9.53 Å². The maximum Gasteiger partial charge on any atom is 0.257 e. The number of carbonyl (C=O) groups excluding carboxylic acids is 1. The Kier molecular flexibility index (Phi) is 8.17. The number of amides is 1. The fourth-order valence-corrected chi connectivity index (χ4v) is 5.85. The van der Waals surface area contributed by atoms with Crippen LogP contribution in [0.2, 0.25) is 0 Å². The number of aromatic nitrogens is 3. The van der Waals surface area contributed by atoms with Crippen LogP contribution in [0.4, 0.5) is 5.82 Å². The SMILES string of the molecule is CCc1ncnc(-c2ccc(C(=O)N3CCC(N4CCCCCC4)CC3)c(OC)c2)c1-c1ccc(N)nc1. The van der Waals surface area contributed by atoms with E-state index in [0.29, 0.717) is 23.2 Å². The Morgan fingerprint density at radius 1 is 0.974 bits per heavy atom. The Hall–Kier alpha value is -3.52. The first-order chi connectivity index (χ1) is 18.6. The summed E-state index contributed by atoms with van der Waals surface area (Å²) in [4.78, 5) is 31.6. The average molecular weight is 515 g/mol. The quantitative estimate of drug-likeness (QED) is 0.503. The summed E-state index contributed by atoms with van der Waals surface area (Å²) in [6.45, 7) is 6.03. The number of likely N-dealkylation sites (tertiary alicyclic amines) is 2. The second-order valence-electron chi connectivity index (χ2n) is 10.3. The van der Waals surface area contributed by atoms with Crippen molar-refractivity contribution in [1.29, 1.82) is 0 Å². The molecule has 1 aromatic carbocycles. The normalized spacial score (nSPS) is 17.3. The van der Waals surface area contributed by atoms with Gasteiger partial charge >= 0.3 is 0 Å². The lowest BCUT2D eigenvalue weighted by atomic mass is 9.96. The zero-order chi connectivity index (χ0) is 26.5. The van der Waals surface area contributed by atoms with Crippen molar-refractivity contribution in [1.82, 2.24) is 24.8 Å². The van der Waals surface area contributed by atoms with Gasteiger partial charge in [-0.25, -0.2) is 15.0 Å². The highest BCUT2D eigenvalue weighted by Crippen LogP contribution is 2.35. The van der Waals surface area contributed by atoms with E-state index in [1.54, 1.807) is 25.7 Å². The molecule has 2 aliphatic heterocycles. The number of anilines is 1. The summed E-state index contributed by atoms with van der Waals surface area (Å²) in [6.07, 6.45) is 11.4. The van der Waals surface area contributed by atoms with E-state index in [-0.39, 0.29) is 5.91 Å². The van der Waals surface area contributed by atoms with Gasteiger partial charge in [0.2, 0.25) is 0 Å². The number of methoxy groups -OCH3 is 1. The molecule has 3 aromatic rings. The molecule has 2 aliphatic rings. The second kappa shape index (κ2) is 11.9. The Balaban J connectivity index is 1.38. The van der Waals surface area contributed by atoms with E-state index in [9.17, 15) is 4.79 Å². The highest BCUT2D eigenvalue weighted by molar-refractivity contribution is 5.98. The maximum absolute atomic E-state index is 13.6. The monoisotopic (exact) mass is 514 g/mol. The van der Waals surface area contributed by atoms with Crippen molar-refractivity contribution in [2.75, 3.05) is 39.0 Å². The van der Waals surface area contributed by atoms with Crippen molar-refractivity contribution in [3.63, 3.8) is 0 Å². The summed E-state index contributed by atoms with van der Waals surface area (Å²) in [7, 11) is 1.61. The number of hydrogen-bond donors (Lipinski definition) is 1. The van der Waals surface area contributed by atoms with Gasteiger partial charge in [0.25, 0.3) is 5.91 Å². The molecule has 0 radical (unpaired) electrons. The number of piperidine rings is 1. The number of benzene rings is 1. The van der Waals surface area contributed by atoms with Crippen molar-refractivity contribution in [2.24, 2.45) is 0 Å². The van der Waals surface area contributed by atoms with Crippen LogP contribution in [-0.4, -0.2) is 70.0 Å². The second-order valence-corrected chi connectivity index (χ2v) is 10.3. The Labute approximate surface area is 225 Å².